The van der Waals surface area contributed by atoms with E-state index in [1.54, 1.807) is 25.3 Å². The van der Waals surface area contributed by atoms with Crippen molar-refractivity contribution < 1.29 is 17.9 Å². The van der Waals surface area contributed by atoms with Crippen LogP contribution in [0, 0.1) is 12.8 Å². The van der Waals surface area contributed by atoms with Gasteiger partial charge in [-0.25, -0.2) is 19.7 Å². The van der Waals surface area contributed by atoms with Crippen LogP contribution < -0.4 is 20.1 Å². The molecule has 0 spiro atoms. The number of anilines is 2. The smallest absolute Gasteiger partial charge is 0.281 e. The first-order valence-corrected chi connectivity index (χ1v) is 13.0. The highest BCUT2D eigenvalue weighted by atomic mass is 32.2. The van der Waals surface area contributed by atoms with Gasteiger partial charge in [0.05, 0.1) is 18.4 Å². The molecule has 4 heterocycles. The molecule has 1 fully saturated rings. The van der Waals surface area contributed by atoms with Crippen LogP contribution in [0.25, 0.3) is 11.3 Å². The molecule has 1 unspecified atom stereocenters. The van der Waals surface area contributed by atoms with Crippen molar-refractivity contribution in [3.63, 3.8) is 0 Å². The number of sulfonamides is 1. The molecule has 190 valence electrons. The highest BCUT2D eigenvalue weighted by Crippen LogP contribution is 2.39. The Labute approximate surface area is 211 Å². The molecule has 0 aromatic carbocycles. The van der Waals surface area contributed by atoms with Gasteiger partial charge in [0.2, 0.25) is 5.88 Å². The summed E-state index contributed by atoms with van der Waals surface area (Å²) in [5.41, 5.74) is 7.61. The molecule has 3 aromatic heterocycles. The first-order valence-electron chi connectivity index (χ1n) is 11.5. The number of amides is 1. The maximum atomic E-state index is 13.3. The number of aromatic nitrogens is 3. The Morgan fingerprint density at radius 2 is 1.92 bits per heavy atom. The lowest BCUT2D eigenvalue weighted by atomic mass is 9.90. The molecule has 0 aliphatic carbocycles. The monoisotopic (exact) mass is 510 g/mol. The number of nitrogen functional groups attached to an aromatic ring is 1. The van der Waals surface area contributed by atoms with Crippen molar-refractivity contribution in [2.45, 2.75) is 44.7 Å². The van der Waals surface area contributed by atoms with E-state index in [2.05, 4.69) is 40.4 Å². The van der Waals surface area contributed by atoms with Crippen LogP contribution in [0.15, 0.2) is 47.5 Å². The zero-order valence-electron chi connectivity index (χ0n) is 20.9. The van der Waals surface area contributed by atoms with E-state index in [1.165, 1.54) is 18.2 Å². The predicted octanol–water partition coefficient (Wildman–Crippen LogP) is 3.18. The molecule has 1 aliphatic rings. The van der Waals surface area contributed by atoms with Crippen LogP contribution in [-0.2, 0) is 10.0 Å². The van der Waals surface area contributed by atoms with E-state index in [0.717, 1.165) is 17.7 Å². The van der Waals surface area contributed by atoms with Crippen molar-refractivity contribution >= 4 is 27.6 Å². The zero-order valence-corrected chi connectivity index (χ0v) is 21.8. The summed E-state index contributed by atoms with van der Waals surface area (Å²) in [5.74, 6) is 0.428. The fraction of sp³-hybridized carbons (Fsp3) is 0.360. The van der Waals surface area contributed by atoms with Gasteiger partial charge in [-0.15, -0.1) is 0 Å². The van der Waals surface area contributed by atoms with Crippen LogP contribution in [0.2, 0.25) is 0 Å². The van der Waals surface area contributed by atoms with E-state index < -0.39 is 15.9 Å². The molecule has 1 atom stereocenters. The van der Waals surface area contributed by atoms with Gasteiger partial charge < -0.3 is 15.4 Å². The van der Waals surface area contributed by atoms with E-state index in [0.29, 0.717) is 29.9 Å². The topological polar surface area (TPSA) is 140 Å². The third-order valence-electron chi connectivity index (χ3n) is 6.75. The Bertz CT molecular complexity index is 1420. The van der Waals surface area contributed by atoms with Crippen molar-refractivity contribution in [3.05, 3.63) is 53.7 Å². The van der Waals surface area contributed by atoms with Crippen LogP contribution in [0.4, 0.5) is 11.6 Å². The van der Waals surface area contributed by atoms with Crippen LogP contribution in [-0.4, -0.2) is 48.5 Å². The third kappa shape index (κ3) is 4.83. The van der Waals surface area contributed by atoms with Crippen molar-refractivity contribution in [2.24, 2.45) is 5.92 Å². The first kappa shape index (κ1) is 25.4. The lowest BCUT2D eigenvalue weighted by molar-refractivity contribution is 0.0981. The molecule has 0 radical (unpaired) electrons. The molecule has 1 saturated heterocycles. The van der Waals surface area contributed by atoms with Crippen molar-refractivity contribution in [1.82, 2.24) is 19.7 Å². The van der Waals surface area contributed by atoms with Crippen LogP contribution in [0.5, 0.6) is 5.88 Å². The van der Waals surface area contributed by atoms with Crippen LogP contribution in [0.3, 0.4) is 0 Å². The van der Waals surface area contributed by atoms with Gasteiger partial charge in [-0.1, -0.05) is 13.0 Å². The summed E-state index contributed by atoms with van der Waals surface area (Å²) in [6.07, 6.45) is 0.910. The van der Waals surface area contributed by atoms with Crippen LogP contribution >= 0.6 is 0 Å². The van der Waals surface area contributed by atoms with Gasteiger partial charge >= 0.3 is 0 Å². The number of nitrogens with one attached hydrogen (secondary N) is 1. The summed E-state index contributed by atoms with van der Waals surface area (Å²) in [7, 11) is -2.71. The van der Waals surface area contributed by atoms with Crippen molar-refractivity contribution in [3.8, 4) is 17.1 Å². The number of nitrogens with two attached hydrogens (primary N) is 1. The summed E-state index contributed by atoms with van der Waals surface area (Å²) in [6.45, 7) is 8.86. The van der Waals surface area contributed by atoms with E-state index >= 15 is 0 Å². The Morgan fingerprint density at radius 1 is 1.17 bits per heavy atom. The normalized spacial score (nSPS) is 17.1. The molecule has 3 aromatic rings. The highest BCUT2D eigenvalue weighted by molar-refractivity contribution is 7.90. The number of carbonyl (C=O) groups excluding carboxylic acids is 1. The fourth-order valence-electron chi connectivity index (χ4n) is 4.30. The maximum absolute atomic E-state index is 13.3. The van der Waals surface area contributed by atoms with Gasteiger partial charge in [0.25, 0.3) is 15.9 Å². The Kier molecular flexibility index (Phi) is 6.61. The largest absolute Gasteiger partial charge is 0.481 e. The summed E-state index contributed by atoms with van der Waals surface area (Å²) < 4.78 is 33.2. The molecule has 3 N–H and O–H groups in total. The molecule has 1 aliphatic heterocycles. The minimum atomic E-state index is -4.25. The van der Waals surface area contributed by atoms with E-state index in [1.807, 2.05) is 13.0 Å². The number of carbonyl (C=O) groups is 1. The molecular weight excluding hydrogens is 480 g/mol. The molecule has 0 saturated carbocycles. The number of methoxy groups -OCH3 is 1. The Balaban J connectivity index is 1.80. The minimum absolute atomic E-state index is 0.0351. The second kappa shape index (κ2) is 9.38. The summed E-state index contributed by atoms with van der Waals surface area (Å²) in [4.78, 5) is 28.4. The third-order valence-corrected chi connectivity index (χ3v) is 7.98. The molecule has 11 heteroatoms. The van der Waals surface area contributed by atoms with Gasteiger partial charge in [0, 0.05) is 29.4 Å². The summed E-state index contributed by atoms with van der Waals surface area (Å²) >= 11 is 0. The lowest BCUT2D eigenvalue weighted by Gasteiger charge is -2.36. The minimum Gasteiger partial charge on any atom is -0.481 e. The van der Waals surface area contributed by atoms with Crippen molar-refractivity contribution in [2.75, 3.05) is 24.3 Å². The van der Waals surface area contributed by atoms with E-state index in [4.69, 9.17) is 15.5 Å². The first-order chi connectivity index (χ1) is 16.9. The molecular formula is C25H30N6O4S. The van der Waals surface area contributed by atoms with E-state index in [9.17, 15) is 13.2 Å². The number of hydrogen-bond acceptors (Lipinski definition) is 9. The number of nitrogens with zero attached hydrogens (tertiary/aromatic N) is 4. The average Bonchev–Trinajstić information content (AvgIpc) is 3.09. The summed E-state index contributed by atoms with van der Waals surface area (Å²) in [5, 5.41) is -0.337. The van der Waals surface area contributed by atoms with Gasteiger partial charge in [-0.05, 0) is 63.4 Å². The summed E-state index contributed by atoms with van der Waals surface area (Å²) in [6, 6.07) is 11.1. The molecule has 36 heavy (non-hydrogen) atoms. The second-order valence-corrected chi connectivity index (χ2v) is 11.1. The quantitative estimate of drug-likeness (QED) is 0.511. The standard InChI is InChI=1S/C25H30N6O4S/c1-15-11-12-31(25(15,3)4)23-18(24(32)30-36(33,34)22-8-6-7-20(26)29-22)9-10-19(28-23)17-13-16(2)27-21(14-17)35-5/h6-10,13-15H,11-12H2,1-5H3,(H2,26,29)(H,30,32). The molecule has 4 rings (SSSR count). The Hall–Kier alpha value is -3.73. The Morgan fingerprint density at radius 3 is 2.56 bits per heavy atom. The SMILES string of the molecule is COc1cc(-c2ccc(C(=O)NS(=O)(=O)c3cccc(N)n3)c(N3CCC(C)C3(C)C)n2)cc(C)n1. The van der Waals surface area contributed by atoms with Crippen molar-refractivity contribution in [1.29, 1.82) is 0 Å². The van der Waals surface area contributed by atoms with E-state index in [-0.39, 0.29) is 21.9 Å². The average molecular weight is 511 g/mol. The van der Waals surface area contributed by atoms with Crippen LogP contribution in [0.1, 0.15) is 43.2 Å². The predicted molar refractivity (Wildman–Crippen MR) is 137 cm³/mol. The van der Waals surface area contributed by atoms with Gasteiger partial charge in [-0.3, -0.25) is 4.79 Å². The zero-order chi connectivity index (χ0) is 26.3. The van der Waals surface area contributed by atoms with Gasteiger partial charge in [-0.2, -0.15) is 8.42 Å². The number of rotatable bonds is 6. The number of ether oxygens (including phenoxy) is 1. The maximum Gasteiger partial charge on any atom is 0.281 e. The molecule has 1 amide bonds. The van der Waals surface area contributed by atoms with Gasteiger partial charge in [0.15, 0.2) is 5.03 Å². The number of aryl methyl sites for hydroxylation is 1. The number of pyridine rings is 3. The fourth-order valence-corrected chi connectivity index (χ4v) is 5.24. The second-order valence-electron chi connectivity index (χ2n) is 9.44. The van der Waals surface area contributed by atoms with Gasteiger partial charge in [0.1, 0.15) is 11.6 Å². The highest BCUT2D eigenvalue weighted by Gasteiger charge is 2.41. The molecule has 0 bridgehead atoms. The molecule has 10 nitrogen and oxygen atoms in total. The number of hydrogen-bond donors (Lipinski definition) is 2. The lowest BCUT2D eigenvalue weighted by Crippen LogP contribution is -2.43.